The van der Waals surface area contributed by atoms with Crippen molar-refractivity contribution in [2.45, 2.75) is 4.90 Å². The second-order valence-corrected chi connectivity index (χ2v) is 10.4. The summed E-state index contributed by atoms with van der Waals surface area (Å²) in [5, 5.41) is 3.40. The number of hydrogen-bond donors (Lipinski definition) is 0. The van der Waals surface area contributed by atoms with Crippen molar-refractivity contribution in [3.8, 4) is 10.6 Å². The molecule has 1 aliphatic rings. The van der Waals surface area contributed by atoms with E-state index in [2.05, 4.69) is 4.98 Å². The molecule has 1 amide bonds. The fourth-order valence-electron chi connectivity index (χ4n) is 3.20. The number of halogens is 2. The lowest BCUT2D eigenvalue weighted by molar-refractivity contribution is 0.0693. The van der Waals surface area contributed by atoms with Gasteiger partial charge in [0.15, 0.2) is 0 Å². The molecule has 1 fully saturated rings. The van der Waals surface area contributed by atoms with E-state index in [1.54, 1.807) is 34.5 Å². The first-order valence-electron chi connectivity index (χ1n) is 9.11. The molecule has 0 atom stereocenters. The van der Waals surface area contributed by atoms with Crippen LogP contribution in [0.1, 0.15) is 10.5 Å². The smallest absolute Gasteiger partial charge is 0.273 e. The van der Waals surface area contributed by atoms with E-state index in [0.29, 0.717) is 33.8 Å². The van der Waals surface area contributed by atoms with Gasteiger partial charge in [0.05, 0.1) is 4.90 Å². The molecule has 30 heavy (non-hydrogen) atoms. The van der Waals surface area contributed by atoms with Gasteiger partial charge in [-0.05, 0) is 30.3 Å². The molecule has 3 aromatic rings. The van der Waals surface area contributed by atoms with Crippen molar-refractivity contribution in [3.05, 3.63) is 69.7 Å². The van der Waals surface area contributed by atoms with Gasteiger partial charge in [-0.1, -0.05) is 41.4 Å². The molecule has 0 spiro atoms. The predicted octanol–water partition coefficient (Wildman–Crippen LogP) is 4.26. The van der Waals surface area contributed by atoms with Gasteiger partial charge in [0, 0.05) is 47.2 Å². The minimum atomic E-state index is -3.65. The number of aromatic nitrogens is 1. The Labute approximate surface area is 188 Å². The average molecular weight is 482 g/mol. The van der Waals surface area contributed by atoms with Crippen LogP contribution >= 0.6 is 34.5 Å². The number of benzene rings is 2. The molecule has 2 heterocycles. The highest BCUT2D eigenvalue weighted by atomic mass is 35.5. The Morgan fingerprint density at radius 1 is 0.967 bits per heavy atom. The molecule has 10 heteroatoms. The quantitative estimate of drug-likeness (QED) is 0.557. The van der Waals surface area contributed by atoms with Crippen molar-refractivity contribution >= 4 is 50.5 Å². The van der Waals surface area contributed by atoms with Gasteiger partial charge in [-0.3, -0.25) is 4.79 Å². The van der Waals surface area contributed by atoms with Gasteiger partial charge >= 0.3 is 0 Å². The highest BCUT2D eigenvalue weighted by Gasteiger charge is 2.31. The molecule has 2 aromatic carbocycles. The summed E-state index contributed by atoms with van der Waals surface area (Å²) in [6.07, 6.45) is 0. The van der Waals surface area contributed by atoms with E-state index < -0.39 is 10.0 Å². The molecule has 1 aromatic heterocycles. The van der Waals surface area contributed by atoms with Crippen molar-refractivity contribution in [3.63, 3.8) is 0 Å². The number of carbonyl (C=O) groups is 1. The molecule has 1 saturated heterocycles. The van der Waals surface area contributed by atoms with Gasteiger partial charge in [-0.25, -0.2) is 13.4 Å². The zero-order chi connectivity index (χ0) is 21.3. The highest BCUT2D eigenvalue weighted by molar-refractivity contribution is 7.89. The number of thiazole rings is 1. The predicted molar refractivity (Wildman–Crippen MR) is 119 cm³/mol. The molecule has 6 nitrogen and oxygen atoms in total. The summed E-state index contributed by atoms with van der Waals surface area (Å²) in [6, 6.07) is 13.5. The summed E-state index contributed by atoms with van der Waals surface area (Å²) in [5.74, 6) is -0.209. The first kappa shape index (κ1) is 21.3. The van der Waals surface area contributed by atoms with Crippen LogP contribution in [0.3, 0.4) is 0 Å². The van der Waals surface area contributed by atoms with E-state index in [1.807, 2.05) is 12.1 Å². The van der Waals surface area contributed by atoms with Gasteiger partial charge in [-0.2, -0.15) is 4.31 Å². The molecule has 0 bridgehead atoms. The number of carbonyl (C=O) groups excluding carboxylic acids is 1. The van der Waals surface area contributed by atoms with Crippen molar-refractivity contribution < 1.29 is 13.2 Å². The third-order valence-corrected chi connectivity index (χ3v) is 8.01. The first-order chi connectivity index (χ1) is 14.3. The van der Waals surface area contributed by atoms with Crippen LogP contribution in [0.4, 0.5) is 0 Å². The van der Waals surface area contributed by atoms with Crippen LogP contribution in [0.25, 0.3) is 10.6 Å². The summed E-state index contributed by atoms with van der Waals surface area (Å²) in [7, 11) is -3.65. The summed E-state index contributed by atoms with van der Waals surface area (Å²) < 4.78 is 27.0. The molecule has 0 N–H and O–H groups in total. The molecule has 1 aliphatic heterocycles. The van der Waals surface area contributed by atoms with Crippen LogP contribution in [0.2, 0.25) is 10.0 Å². The van der Waals surface area contributed by atoms with E-state index in [-0.39, 0.29) is 23.9 Å². The lowest BCUT2D eigenvalue weighted by Crippen LogP contribution is -2.50. The standard InChI is InChI=1S/C20H17Cl2N3O3S2/c21-15-4-1-3-14(11-15)19-23-18(13-29-19)20(26)24-7-9-25(10-8-24)30(27,28)17-6-2-5-16(22)12-17/h1-6,11-13H,7-10H2. The Bertz CT molecular complexity index is 1190. The SMILES string of the molecule is O=C(c1csc(-c2cccc(Cl)c2)n1)N1CCN(S(=O)(=O)c2cccc(Cl)c2)CC1. The fraction of sp³-hybridized carbons (Fsp3) is 0.200. The lowest BCUT2D eigenvalue weighted by Gasteiger charge is -2.33. The van der Waals surface area contributed by atoms with Crippen LogP contribution in [0.15, 0.2) is 58.8 Å². The number of sulfonamides is 1. The van der Waals surface area contributed by atoms with Crippen molar-refractivity contribution in [2.75, 3.05) is 26.2 Å². The van der Waals surface area contributed by atoms with Crippen LogP contribution in [0.5, 0.6) is 0 Å². The second kappa shape index (κ2) is 8.64. The van der Waals surface area contributed by atoms with E-state index >= 15 is 0 Å². The zero-order valence-corrected chi connectivity index (χ0v) is 18.8. The number of amides is 1. The van der Waals surface area contributed by atoms with Gasteiger partial charge in [0.25, 0.3) is 5.91 Å². The van der Waals surface area contributed by atoms with Gasteiger partial charge in [0.1, 0.15) is 10.7 Å². The molecule has 156 valence electrons. The maximum Gasteiger partial charge on any atom is 0.273 e. The number of piperazine rings is 1. The van der Waals surface area contributed by atoms with E-state index in [0.717, 1.165) is 5.56 Å². The fourth-order valence-corrected chi connectivity index (χ4v) is 5.90. The summed E-state index contributed by atoms with van der Waals surface area (Å²) >= 11 is 13.3. The third-order valence-electron chi connectivity index (χ3n) is 4.75. The summed E-state index contributed by atoms with van der Waals surface area (Å²) in [4.78, 5) is 19.1. The van der Waals surface area contributed by atoms with E-state index in [9.17, 15) is 13.2 Å². The maximum absolute atomic E-state index is 12.8. The minimum absolute atomic E-state index is 0.153. The number of rotatable bonds is 4. The Hall–Kier alpha value is -1.97. The largest absolute Gasteiger partial charge is 0.335 e. The molecule has 0 radical (unpaired) electrons. The molecule has 0 aliphatic carbocycles. The number of hydrogen-bond acceptors (Lipinski definition) is 5. The Kier molecular flexibility index (Phi) is 6.13. The van der Waals surface area contributed by atoms with Crippen LogP contribution in [-0.2, 0) is 10.0 Å². The monoisotopic (exact) mass is 481 g/mol. The molecular weight excluding hydrogens is 465 g/mol. The average Bonchev–Trinajstić information content (AvgIpc) is 3.24. The molecular formula is C20H17Cl2N3O3S2. The van der Waals surface area contributed by atoms with E-state index in [4.69, 9.17) is 23.2 Å². The minimum Gasteiger partial charge on any atom is -0.335 e. The number of nitrogens with zero attached hydrogens (tertiary/aromatic N) is 3. The molecule has 4 rings (SSSR count). The van der Waals surface area contributed by atoms with Crippen molar-refractivity contribution in [2.24, 2.45) is 0 Å². The highest BCUT2D eigenvalue weighted by Crippen LogP contribution is 2.27. The first-order valence-corrected chi connectivity index (χ1v) is 12.2. The van der Waals surface area contributed by atoms with Gasteiger partial charge in [-0.15, -0.1) is 11.3 Å². The van der Waals surface area contributed by atoms with Crippen LogP contribution in [0, 0.1) is 0 Å². The normalized spacial score (nSPS) is 15.3. The van der Waals surface area contributed by atoms with Crippen LogP contribution in [-0.4, -0.2) is 54.7 Å². The summed E-state index contributed by atoms with van der Waals surface area (Å²) in [6.45, 7) is 1.02. The maximum atomic E-state index is 12.8. The van der Waals surface area contributed by atoms with Crippen molar-refractivity contribution in [1.82, 2.24) is 14.2 Å². The Balaban J connectivity index is 1.44. The Morgan fingerprint density at radius 3 is 2.30 bits per heavy atom. The Morgan fingerprint density at radius 2 is 1.63 bits per heavy atom. The van der Waals surface area contributed by atoms with Gasteiger partial charge < -0.3 is 4.90 Å². The second-order valence-electron chi connectivity index (χ2n) is 6.70. The van der Waals surface area contributed by atoms with Gasteiger partial charge in [0.2, 0.25) is 10.0 Å². The molecule has 0 saturated carbocycles. The topological polar surface area (TPSA) is 70.6 Å². The van der Waals surface area contributed by atoms with Crippen LogP contribution < -0.4 is 0 Å². The third kappa shape index (κ3) is 4.38. The lowest BCUT2D eigenvalue weighted by atomic mass is 10.2. The molecule has 0 unspecified atom stereocenters. The summed E-state index contributed by atoms with van der Waals surface area (Å²) in [5.41, 5.74) is 1.20. The van der Waals surface area contributed by atoms with Crippen molar-refractivity contribution in [1.29, 1.82) is 0 Å². The van der Waals surface area contributed by atoms with E-state index in [1.165, 1.54) is 27.8 Å². The zero-order valence-electron chi connectivity index (χ0n) is 15.7.